The molecule has 0 radical (unpaired) electrons. The van der Waals surface area contributed by atoms with Gasteiger partial charge in [0.05, 0.1) is 0 Å². The SMILES string of the molecule is CC1CCCCC12NC(=O)N(CC(=O)N1CCc3[nH]c4ccc(F)cc4c3C1)C2=O. The fourth-order valence-corrected chi connectivity index (χ4v) is 5.27. The molecule has 2 aliphatic heterocycles. The van der Waals surface area contributed by atoms with Gasteiger partial charge >= 0.3 is 6.03 Å². The molecular formula is C22H25FN4O3. The number of benzene rings is 1. The van der Waals surface area contributed by atoms with E-state index in [9.17, 15) is 18.8 Å². The van der Waals surface area contributed by atoms with Gasteiger partial charge in [-0.25, -0.2) is 9.18 Å². The minimum absolute atomic E-state index is 0.0569. The summed E-state index contributed by atoms with van der Waals surface area (Å²) in [4.78, 5) is 44.7. The molecule has 2 unspecified atom stereocenters. The van der Waals surface area contributed by atoms with Crippen LogP contribution in [0.3, 0.4) is 0 Å². The second-order valence-electron chi connectivity index (χ2n) is 8.78. The van der Waals surface area contributed by atoms with Gasteiger partial charge in [-0.3, -0.25) is 14.5 Å². The molecule has 1 aromatic heterocycles. The number of nitrogens with one attached hydrogen (secondary N) is 2. The van der Waals surface area contributed by atoms with Gasteiger partial charge in [0, 0.05) is 41.7 Å². The van der Waals surface area contributed by atoms with Gasteiger partial charge in [0.1, 0.15) is 17.9 Å². The Morgan fingerprint density at radius 3 is 2.93 bits per heavy atom. The van der Waals surface area contributed by atoms with Crippen LogP contribution >= 0.6 is 0 Å². The van der Waals surface area contributed by atoms with Crippen LogP contribution in [0.2, 0.25) is 0 Å². The van der Waals surface area contributed by atoms with Crippen LogP contribution < -0.4 is 5.32 Å². The molecule has 0 bridgehead atoms. The van der Waals surface area contributed by atoms with Crippen LogP contribution in [0.5, 0.6) is 0 Å². The molecule has 4 amide bonds. The minimum atomic E-state index is -0.862. The first-order valence-electron chi connectivity index (χ1n) is 10.6. The number of carbonyl (C=O) groups is 3. The number of rotatable bonds is 2. The average Bonchev–Trinajstić information content (AvgIpc) is 3.20. The van der Waals surface area contributed by atoms with E-state index in [1.807, 2.05) is 6.92 Å². The zero-order valence-corrected chi connectivity index (χ0v) is 17.0. The number of hydrogen-bond acceptors (Lipinski definition) is 3. The molecule has 3 heterocycles. The number of H-pyrrole nitrogens is 1. The predicted octanol–water partition coefficient (Wildman–Crippen LogP) is 2.69. The largest absolute Gasteiger partial charge is 0.358 e. The highest BCUT2D eigenvalue weighted by Crippen LogP contribution is 2.38. The Bertz CT molecular complexity index is 1060. The molecule has 1 aromatic carbocycles. The van der Waals surface area contributed by atoms with Gasteiger partial charge in [-0.2, -0.15) is 0 Å². The third kappa shape index (κ3) is 2.80. The summed E-state index contributed by atoms with van der Waals surface area (Å²) in [6.45, 7) is 2.56. The predicted molar refractivity (Wildman–Crippen MR) is 108 cm³/mol. The number of hydrogen-bond donors (Lipinski definition) is 2. The summed E-state index contributed by atoms with van der Waals surface area (Å²) < 4.78 is 13.7. The lowest BCUT2D eigenvalue weighted by molar-refractivity contribution is -0.141. The molecule has 2 aromatic rings. The molecule has 1 spiro atoms. The number of urea groups is 1. The number of aromatic nitrogens is 1. The van der Waals surface area contributed by atoms with Gasteiger partial charge in [-0.05, 0) is 37.0 Å². The zero-order valence-electron chi connectivity index (χ0n) is 17.0. The Labute approximate surface area is 173 Å². The molecule has 1 aliphatic carbocycles. The van der Waals surface area contributed by atoms with Gasteiger partial charge in [-0.1, -0.05) is 19.8 Å². The number of aromatic amines is 1. The molecule has 1 saturated heterocycles. The number of carbonyl (C=O) groups excluding carboxylic acids is 3. The normalized spacial score (nSPS) is 26.4. The number of amides is 4. The average molecular weight is 412 g/mol. The fourth-order valence-electron chi connectivity index (χ4n) is 5.27. The molecule has 2 fully saturated rings. The van der Waals surface area contributed by atoms with Crippen LogP contribution in [0.15, 0.2) is 18.2 Å². The number of halogens is 1. The summed E-state index contributed by atoms with van der Waals surface area (Å²) in [6, 6.07) is 4.11. The van der Waals surface area contributed by atoms with E-state index in [1.54, 1.807) is 11.0 Å². The Kier molecular flexibility index (Phi) is 4.34. The van der Waals surface area contributed by atoms with Gasteiger partial charge in [0.25, 0.3) is 5.91 Å². The molecule has 2 atom stereocenters. The first-order valence-corrected chi connectivity index (χ1v) is 10.6. The third-order valence-corrected chi connectivity index (χ3v) is 7.08. The summed E-state index contributed by atoms with van der Waals surface area (Å²) in [5.41, 5.74) is 1.89. The van der Waals surface area contributed by atoms with Crippen LogP contribution in [0, 0.1) is 11.7 Å². The van der Waals surface area contributed by atoms with E-state index in [0.29, 0.717) is 25.9 Å². The summed E-state index contributed by atoms with van der Waals surface area (Å²) in [7, 11) is 0. The molecule has 8 heteroatoms. The van der Waals surface area contributed by atoms with E-state index in [-0.39, 0.29) is 30.1 Å². The second-order valence-corrected chi connectivity index (χ2v) is 8.78. The van der Waals surface area contributed by atoms with Crippen molar-refractivity contribution >= 4 is 28.7 Å². The lowest BCUT2D eigenvalue weighted by Gasteiger charge is -2.37. The number of nitrogens with zero attached hydrogens (tertiary/aromatic N) is 2. The lowest BCUT2D eigenvalue weighted by Crippen LogP contribution is -2.54. The Hall–Kier alpha value is -2.90. The highest BCUT2D eigenvalue weighted by atomic mass is 19.1. The zero-order chi connectivity index (χ0) is 21.0. The highest BCUT2D eigenvalue weighted by Gasteiger charge is 2.55. The number of imide groups is 1. The van der Waals surface area contributed by atoms with Crippen molar-refractivity contribution in [1.82, 2.24) is 20.1 Å². The lowest BCUT2D eigenvalue weighted by atomic mass is 9.73. The van der Waals surface area contributed by atoms with Crippen molar-refractivity contribution in [2.24, 2.45) is 5.92 Å². The summed E-state index contributed by atoms with van der Waals surface area (Å²) in [6.07, 6.45) is 4.08. The molecular weight excluding hydrogens is 387 g/mol. The molecule has 5 rings (SSSR count). The van der Waals surface area contributed by atoms with Crippen molar-refractivity contribution in [1.29, 1.82) is 0 Å². The van der Waals surface area contributed by atoms with Crippen molar-refractivity contribution in [2.75, 3.05) is 13.1 Å². The maximum atomic E-state index is 13.7. The molecule has 7 nitrogen and oxygen atoms in total. The summed E-state index contributed by atoms with van der Waals surface area (Å²) in [5.74, 6) is -0.809. The fraction of sp³-hybridized carbons (Fsp3) is 0.500. The first-order chi connectivity index (χ1) is 14.4. The molecule has 2 N–H and O–H groups in total. The molecule has 3 aliphatic rings. The number of fused-ring (bicyclic) bond motifs is 3. The van der Waals surface area contributed by atoms with E-state index in [1.165, 1.54) is 12.1 Å². The Balaban J connectivity index is 1.34. The first kappa shape index (κ1) is 19.1. The van der Waals surface area contributed by atoms with Crippen LogP contribution in [-0.2, 0) is 22.6 Å². The van der Waals surface area contributed by atoms with Crippen LogP contribution in [0.1, 0.15) is 43.9 Å². The Morgan fingerprint density at radius 2 is 2.13 bits per heavy atom. The van der Waals surface area contributed by atoms with E-state index in [0.717, 1.165) is 46.3 Å². The van der Waals surface area contributed by atoms with Crippen molar-refractivity contribution < 1.29 is 18.8 Å². The monoisotopic (exact) mass is 412 g/mol. The van der Waals surface area contributed by atoms with Gasteiger partial charge < -0.3 is 15.2 Å². The smallest absolute Gasteiger partial charge is 0.325 e. The van der Waals surface area contributed by atoms with E-state index < -0.39 is 11.6 Å². The summed E-state index contributed by atoms with van der Waals surface area (Å²) >= 11 is 0. The van der Waals surface area contributed by atoms with E-state index in [2.05, 4.69) is 10.3 Å². The van der Waals surface area contributed by atoms with Gasteiger partial charge in [-0.15, -0.1) is 0 Å². The quantitative estimate of drug-likeness (QED) is 0.744. The summed E-state index contributed by atoms with van der Waals surface area (Å²) in [5, 5.41) is 3.66. The maximum Gasteiger partial charge on any atom is 0.325 e. The molecule has 30 heavy (non-hydrogen) atoms. The van der Waals surface area contributed by atoms with Crippen LogP contribution in [-0.4, -0.2) is 51.3 Å². The topological polar surface area (TPSA) is 85.5 Å². The maximum absolute atomic E-state index is 13.7. The van der Waals surface area contributed by atoms with Crippen molar-refractivity contribution in [3.8, 4) is 0 Å². The Morgan fingerprint density at radius 1 is 1.30 bits per heavy atom. The third-order valence-electron chi connectivity index (χ3n) is 7.08. The highest BCUT2D eigenvalue weighted by molar-refractivity contribution is 6.09. The van der Waals surface area contributed by atoms with Crippen molar-refractivity contribution in [3.05, 3.63) is 35.3 Å². The van der Waals surface area contributed by atoms with Crippen molar-refractivity contribution in [2.45, 2.75) is 51.1 Å². The van der Waals surface area contributed by atoms with E-state index in [4.69, 9.17) is 0 Å². The second kappa shape index (κ2) is 6.82. The molecule has 158 valence electrons. The minimum Gasteiger partial charge on any atom is -0.358 e. The standard InChI is InChI=1S/C22H25FN4O3/c1-13-4-2-3-8-22(13)20(29)27(21(30)25-22)12-19(28)26-9-7-18-16(11-26)15-10-14(23)5-6-17(15)24-18/h5-6,10,13,24H,2-4,7-9,11-12H2,1H3,(H,25,30). The van der Waals surface area contributed by atoms with Crippen molar-refractivity contribution in [3.63, 3.8) is 0 Å². The van der Waals surface area contributed by atoms with Crippen LogP contribution in [0.25, 0.3) is 10.9 Å². The van der Waals surface area contributed by atoms with Gasteiger partial charge in [0.2, 0.25) is 5.91 Å². The molecule has 1 saturated carbocycles. The van der Waals surface area contributed by atoms with Gasteiger partial charge in [0.15, 0.2) is 0 Å². The van der Waals surface area contributed by atoms with Crippen LogP contribution in [0.4, 0.5) is 9.18 Å². The van der Waals surface area contributed by atoms with E-state index >= 15 is 0 Å².